The number of methoxy groups -OCH3 is 1. The van der Waals surface area contributed by atoms with Crippen LogP contribution in [0.3, 0.4) is 0 Å². The van der Waals surface area contributed by atoms with Crippen LogP contribution >= 0.6 is 0 Å². The molecule has 2 amide bonds. The molecule has 1 unspecified atom stereocenters. The van der Waals surface area contributed by atoms with Gasteiger partial charge in [-0.1, -0.05) is 30.3 Å². The summed E-state index contributed by atoms with van der Waals surface area (Å²) in [6, 6.07) is 8.91. The van der Waals surface area contributed by atoms with E-state index in [1.54, 1.807) is 14.0 Å². The lowest BCUT2D eigenvalue weighted by molar-refractivity contribution is 0.0248. The zero-order valence-corrected chi connectivity index (χ0v) is 12.6. The smallest absolute Gasteiger partial charge is 0.315 e. The van der Waals surface area contributed by atoms with Gasteiger partial charge >= 0.3 is 6.03 Å². The van der Waals surface area contributed by atoms with E-state index in [0.717, 1.165) is 5.56 Å². The number of hydrogen-bond acceptors (Lipinski definition) is 3. The summed E-state index contributed by atoms with van der Waals surface area (Å²) in [5.74, 6) is 0. The van der Waals surface area contributed by atoms with Crippen LogP contribution in [0.1, 0.15) is 26.3 Å². The summed E-state index contributed by atoms with van der Waals surface area (Å²) in [6.07, 6.45) is 0. The number of ether oxygens (including phenoxy) is 1. The molecule has 0 aliphatic rings. The molecule has 5 nitrogen and oxygen atoms in total. The van der Waals surface area contributed by atoms with Crippen molar-refractivity contribution >= 4 is 6.03 Å². The number of carbonyl (C=O) groups is 1. The second-order valence-corrected chi connectivity index (χ2v) is 5.64. The largest absolute Gasteiger partial charge is 0.384 e. The molecule has 3 N–H and O–H groups in total. The molecule has 0 saturated heterocycles. The van der Waals surface area contributed by atoms with Crippen molar-refractivity contribution in [2.24, 2.45) is 0 Å². The third kappa shape index (κ3) is 5.19. The van der Waals surface area contributed by atoms with E-state index in [0.29, 0.717) is 6.54 Å². The van der Waals surface area contributed by atoms with Crippen molar-refractivity contribution in [2.75, 3.05) is 20.2 Å². The quantitative estimate of drug-likeness (QED) is 0.741. The van der Waals surface area contributed by atoms with Crippen LogP contribution in [0.15, 0.2) is 30.3 Å². The fraction of sp³-hybridized carbons (Fsp3) is 0.533. The molecule has 1 aromatic carbocycles. The van der Waals surface area contributed by atoms with E-state index in [2.05, 4.69) is 10.6 Å². The Labute approximate surface area is 120 Å². The van der Waals surface area contributed by atoms with Gasteiger partial charge < -0.3 is 20.5 Å². The zero-order valence-electron chi connectivity index (χ0n) is 12.6. The highest BCUT2D eigenvalue weighted by Crippen LogP contribution is 2.18. The van der Waals surface area contributed by atoms with Gasteiger partial charge in [0, 0.05) is 13.7 Å². The van der Waals surface area contributed by atoms with Crippen molar-refractivity contribution in [3.63, 3.8) is 0 Å². The van der Waals surface area contributed by atoms with E-state index in [4.69, 9.17) is 4.74 Å². The van der Waals surface area contributed by atoms with Gasteiger partial charge in [0.2, 0.25) is 0 Å². The molecule has 0 radical (unpaired) electrons. The Hall–Kier alpha value is -1.59. The van der Waals surface area contributed by atoms with E-state index >= 15 is 0 Å². The van der Waals surface area contributed by atoms with Crippen molar-refractivity contribution in [1.82, 2.24) is 10.6 Å². The van der Waals surface area contributed by atoms with Crippen LogP contribution in [0.4, 0.5) is 4.79 Å². The summed E-state index contributed by atoms with van der Waals surface area (Å²) in [5.41, 5.74) is -0.758. The molecule has 0 fully saturated rings. The van der Waals surface area contributed by atoms with Crippen molar-refractivity contribution in [3.05, 3.63) is 35.9 Å². The van der Waals surface area contributed by atoms with Crippen molar-refractivity contribution in [2.45, 2.75) is 32.0 Å². The Bertz CT molecular complexity index is 430. The standard InChI is InChI=1S/C15H24N2O3/c1-14(2,20-4)10-16-13(18)17-11-15(3,19)12-8-6-5-7-9-12/h5-9,19H,10-11H2,1-4H3,(H2,16,17,18). The van der Waals surface area contributed by atoms with Gasteiger partial charge in [0.15, 0.2) is 0 Å². The molecule has 1 rings (SSSR count). The summed E-state index contributed by atoms with van der Waals surface area (Å²) in [4.78, 5) is 11.7. The van der Waals surface area contributed by atoms with Gasteiger partial charge in [-0.3, -0.25) is 0 Å². The minimum Gasteiger partial charge on any atom is -0.384 e. The molecule has 1 atom stereocenters. The molecule has 0 heterocycles. The monoisotopic (exact) mass is 280 g/mol. The summed E-state index contributed by atoms with van der Waals surface area (Å²) in [6.45, 7) is 5.96. The van der Waals surface area contributed by atoms with Crippen LogP contribution in [0.25, 0.3) is 0 Å². The van der Waals surface area contributed by atoms with Crippen LogP contribution in [0.2, 0.25) is 0 Å². The van der Waals surface area contributed by atoms with Crippen LogP contribution in [0.5, 0.6) is 0 Å². The minimum absolute atomic E-state index is 0.135. The second kappa shape index (κ2) is 6.72. The highest BCUT2D eigenvalue weighted by atomic mass is 16.5. The van der Waals surface area contributed by atoms with E-state index in [9.17, 15) is 9.90 Å². The normalized spacial score (nSPS) is 14.4. The van der Waals surface area contributed by atoms with Crippen LogP contribution in [0, 0.1) is 0 Å². The fourth-order valence-corrected chi connectivity index (χ4v) is 1.58. The lowest BCUT2D eigenvalue weighted by Crippen LogP contribution is -2.47. The molecular formula is C15H24N2O3. The van der Waals surface area contributed by atoms with Gasteiger partial charge in [-0.2, -0.15) is 0 Å². The van der Waals surface area contributed by atoms with Crippen LogP contribution in [-0.4, -0.2) is 36.9 Å². The summed E-state index contributed by atoms with van der Waals surface area (Å²) in [5, 5.41) is 15.7. The molecule has 0 aliphatic heterocycles. The highest BCUT2D eigenvalue weighted by Gasteiger charge is 2.24. The predicted octanol–water partition coefficient (Wildman–Crippen LogP) is 1.62. The number of benzene rings is 1. The third-order valence-electron chi connectivity index (χ3n) is 3.22. The first-order valence-corrected chi connectivity index (χ1v) is 6.62. The van der Waals surface area contributed by atoms with Gasteiger partial charge in [0.25, 0.3) is 0 Å². The van der Waals surface area contributed by atoms with Gasteiger partial charge in [0.1, 0.15) is 5.60 Å². The lowest BCUT2D eigenvalue weighted by atomic mass is 9.96. The predicted molar refractivity (Wildman–Crippen MR) is 78.5 cm³/mol. The Morgan fingerprint density at radius 3 is 2.25 bits per heavy atom. The molecule has 0 aromatic heterocycles. The van der Waals surface area contributed by atoms with Crippen LogP contribution < -0.4 is 10.6 Å². The SMILES string of the molecule is COC(C)(C)CNC(=O)NCC(C)(O)c1ccccc1. The van der Waals surface area contributed by atoms with Gasteiger partial charge in [0.05, 0.1) is 12.1 Å². The van der Waals surface area contributed by atoms with Crippen molar-refractivity contribution in [3.8, 4) is 0 Å². The van der Waals surface area contributed by atoms with Crippen LogP contribution in [-0.2, 0) is 10.3 Å². The van der Waals surface area contributed by atoms with Gasteiger partial charge in [-0.05, 0) is 26.3 Å². The minimum atomic E-state index is -1.10. The maximum absolute atomic E-state index is 11.7. The molecule has 0 spiro atoms. The highest BCUT2D eigenvalue weighted by molar-refractivity contribution is 5.74. The molecule has 0 bridgehead atoms. The second-order valence-electron chi connectivity index (χ2n) is 5.64. The third-order valence-corrected chi connectivity index (χ3v) is 3.22. The summed E-state index contributed by atoms with van der Waals surface area (Å²) < 4.78 is 5.21. The molecular weight excluding hydrogens is 256 g/mol. The summed E-state index contributed by atoms with van der Waals surface area (Å²) >= 11 is 0. The van der Waals surface area contributed by atoms with Crippen molar-refractivity contribution < 1.29 is 14.6 Å². The fourth-order valence-electron chi connectivity index (χ4n) is 1.58. The number of urea groups is 1. The Morgan fingerprint density at radius 2 is 1.70 bits per heavy atom. The number of rotatable bonds is 6. The van der Waals surface area contributed by atoms with E-state index in [1.807, 2.05) is 44.2 Å². The average Bonchev–Trinajstić information content (AvgIpc) is 2.44. The van der Waals surface area contributed by atoms with E-state index < -0.39 is 11.2 Å². The zero-order chi connectivity index (χ0) is 15.2. The first-order valence-electron chi connectivity index (χ1n) is 6.62. The Kier molecular flexibility index (Phi) is 5.53. The molecule has 112 valence electrons. The summed E-state index contributed by atoms with van der Waals surface area (Å²) in [7, 11) is 1.60. The molecule has 0 aliphatic carbocycles. The average molecular weight is 280 g/mol. The first kappa shape index (κ1) is 16.5. The Morgan fingerprint density at radius 1 is 1.15 bits per heavy atom. The topological polar surface area (TPSA) is 70.6 Å². The molecule has 1 aromatic rings. The molecule has 0 saturated carbocycles. The van der Waals surface area contributed by atoms with Crippen molar-refractivity contribution in [1.29, 1.82) is 0 Å². The van der Waals surface area contributed by atoms with Gasteiger partial charge in [-0.25, -0.2) is 4.79 Å². The number of hydrogen-bond donors (Lipinski definition) is 3. The molecule has 5 heteroatoms. The van der Waals surface area contributed by atoms with E-state index in [-0.39, 0.29) is 12.6 Å². The number of amides is 2. The number of aliphatic hydroxyl groups is 1. The first-order chi connectivity index (χ1) is 9.27. The van der Waals surface area contributed by atoms with Gasteiger partial charge in [-0.15, -0.1) is 0 Å². The lowest BCUT2D eigenvalue weighted by Gasteiger charge is -2.26. The Balaban J connectivity index is 2.45. The van der Waals surface area contributed by atoms with E-state index in [1.165, 1.54) is 0 Å². The number of carbonyl (C=O) groups excluding carboxylic acids is 1. The number of nitrogens with one attached hydrogen (secondary N) is 2. The maximum Gasteiger partial charge on any atom is 0.315 e. The maximum atomic E-state index is 11.7. The molecule has 20 heavy (non-hydrogen) atoms.